The molecule has 2 heterocycles. The van der Waals surface area contributed by atoms with Gasteiger partial charge in [0.25, 0.3) is 0 Å². The normalized spacial score (nSPS) is 16.2. The number of nitrogens with zero attached hydrogens (tertiary/aromatic N) is 2. The van der Waals surface area contributed by atoms with Crippen molar-refractivity contribution in [1.82, 2.24) is 15.2 Å². The second kappa shape index (κ2) is 9.89. The van der Waals surface area contributed by atoms with Crippen molar-refractivity contribution in [2.45, 2.75) is 18.9 Å². The van der Waals surface area contributed by atoms with Crippen molar-refractivity contribution in [2.75, 3.05) is 26.2 Å². The number of nitrogens with one attached hydrogen (secondary N) is 1. The molecule has 1 aliphatic heterocycles. The van der Waals surface area contributed by atoms with E-state index >= 15 is 0 Å². The highest BCUT2D eigenvalue weighted by Crippen LogP contribution is 2.26. The van der Waals surface area contributed by atoms with Crippen LogP contribution in [0.15, 0.2) is 49.1 Å². The van der Waals surface area contributed by atoms with Crippen LogP contribution in [0.25, 0.3) is 10.9 Å². The fourth-order valence-corrected chi connectivity index (χ4v) is 3.05. The van der Waals surface area contributed by atoms with Gasteiger partial charge in [-0.25, -0.2) is 0 Å². The number of para-hydroxylation sites is 1. The Morgan fingerprint density at radius 2 is 1.87 bits per heavy atom. The highest BCUT2D eigenvalue weighted by molar-refractivity contribution is 5.85. The summed E-state index contributed by atoms with van der Waals surface area (Å²) < 4.78 is 0. The molecule has 0 aliphatic carbocycles. The van der Waals surface area contributed by atoms with Crippen LogP contribution in [0, 0.1) is 0 Å². The van der Waals surface area contributed by atoms with Crippen LogP contribution in [0.3, 0.4) is 0 Å². The van der Waals surface area contributed by atoms with Crippen molar-refractivity contribution >= 4 is 35.7 Å². The Kier molecular flexibility index (Phi) is 8.56. The van der Waals surface area contributed by atoms with Crippen molar-refractivity contribution in [3.63, 3.8) is 0 Å². The van der Waals surface area contributed by atoms with E-state index in [1.165, 1.54) is 11.1 Å². The Balaban J connectivity index is 0.00000132. The minimum absolute atomic E-state index is 0. The van der Waals surface area contributed by atoms with Gasteiger partial charge in [0.05, 0.1) is 17.3 Å². The summed E-state index contributed by atoms with van der Waals surface area (Å²) >= 11 is 0. The minimum atomic E-state index is 0. The van der Waals surface area contributed by atoms with E-state index in [0.29, 0.717) is 6.04 Å². The number of rotatable bonds is 5. The Bertz CT molecular complexity index is 612. The van der Waals surface area contributed by atoms with Crippen molar-refractivity contribution < 1.29 is 0 Å². The molecular formula is C18H25Cl2N3. The van der Waals surface area contributed by atoms with E-state index in [4.69, 9.17) is 4.98 Å². The number of aromatic nitrogens is 1. The van der Waals surface area contributed by atoms with Crippen molar-refractivity contribution in [2.24, 2.45) is 0 Å². The molecule has 1 fully saturated rings. The van der Waals surface area contributed by atoms with E-state index in [1.54, 1.807) is 0 Å². The van der Waals surface area contributed by atoms with Gasteiger partial charge in [-0.15, -0.1) is 31.4 Å². The van der Waals surface area contributed by atoms with Crippen LogP contribution in [0.4, 0.5) is 0 Å². The molecule has 0 radical (unpaired) electrons. The molecule has 0 spiro atoms. The summed E-state index contributed by atoms with van der Waals surface area (Å²) in [4.78, 5) is 7.46. The number of hydrogen-bond acceptors (Lipinski definition) is 3. The van der Waals surface area contributed by atoms with Crippen LogP contribution in [0.2, 0.25) is 0 Å². The maximum Gasteiger partial charge on any atom is 0.0706 e. The zero-order chi connectivity index (χ0) is 14.5. The monoisotopic (exact) mass is 353 g/mol. The molecule has 1 saturated heterocycles. The van der Waals surface area contributed by atoms with Gasteiger partial charge in [0, 0.05) is 31.6 Å². The Hall–Kier alpha value is -1.13. The van der Waals surface area contributed by atoms with Crippen molar-refractivity contribution in [1.29, 1.82) is 0 Å². The van der Waals surface area contributed by atoms with E-state index in [2.05, 4.69) is 53.2 Å². The molecule has 126 valence electrons. The van der Waals surface area contributed by atoms with E-state index in [9.17, 15) is 0 Å². The number of fused-ring (bicyclic) bond motifs is 1. The highest BCUT2D eigenvalue weighted by atomic mass is 35.5. The van der Waals surface area contributed by atoms with E-state index in [-0.39, 0.29) is 24.8 Å². The lowest BCUT2D eigenvalue weighted by molar-refractivity contribution is 0.163. The number of halogens is 2. The summed E-state index contributed by atoms with van der Waals surface area (Å²) in [5.41, 5.74) is 2.28. The molecule has 3 rings (SSSR count). The number of benzene rings is 1. The molecular weight excluding hydrogens is 329 g/mol. The van der Waals surface area contributed by atoms with Gasteiger partial charge >= 0.3 is 0 Å². The van der Waals surface area contributed by atoms with Gasteiger partial charge in [-0.2, -0.15) is 0 Å². The average Bonchev–Trinajstić information content (AvgIpc) is 2.56. The molecule has 1 N–H and O–H groups in total. The van der Waals surface area contributed by atoms with Crippen LogP contribution >= 0.6 is 24.8 Å². The largest absolute Gasteiger partial charge is 0.314 e. The molecule has 3 nitrogen and oxygen atoms in total. The lowest BCUT2D eigenvalue weighted by Gasteiger charge is -2.34. The zero-order valence-electron chi connectivity index (χ0n) is 13.3. The third kappa shape index (κ3) is 4.92. The van der Waals surface area contributed by atoms with Crippen LogP contribution in [-0.2, 0) is 0 Å². The minimum Gasteiger partial charge on any atom is -0.314 e. The maximum absolute atomic E-state index is 4.91. The van der Waals surface area contributed by atoms with Gasteiger partial charge in [0.2, 0.25) is 0 Å². The standard InChI is InChI=1S/C18H23N3.2ClH/c1-2-3-8-18(21-13-11-19-12-14-21)17-10-9-15-6-4-5-7-16(15)20-17;;/h2,4-7,9-10,18-19H,1,3,8,11-14H2;2*1H/t18-;;/m1../s1. The van der Waals surface area contributed by atoms with Crippen molar-refractivity contribution in [3.05, 3.63) is 54.7 Å². The first-order valence-electron chi connectivity index (χ1n) is 7.80. The first-order valence-corrected chi connectivity index (χ1v) is 7.80. The second-order valence-corrected chi connectivity index (χ2v) is 5.60. The molecule has 1 aromatic heterocycles. The maximum atomic E-state index is 4.91. The van der Waals surface area contributed by atoms with Gasteiger partial charge in [-0.3, -0.25) is 9.88 Å². The van der Waals surface area contributed by atoms with E-state index in [0.717, 1.165) is 44.5 Å². The summed E-state index contributed by atoms with van der Waals surface area (Å²) in [6, 6.07) is 13.1. The van der Waals surface area contributed by atoms with Crippen LogP contribution in [0.5, 0.6) is 0 Å². The average molecular weight is 354 g/mol. The molecule has 1 aliphatic rings. The Morgan fingerprint density at radius 3 is 2.61 bits per heavy atom. The van der Waals surface area contributed by atoms with Gasteiger partial charge in [-0.05, 0) is 25.0 Å². The Morgan fingerprint density at radius 1 is 1.13 bits per heavy atom. The molecule has 1 aromatic carbocycles. The second-order valence-electron chi connectivity index (χ2n) is 5.60. The number of pyridine rings is 1. The zero-order valence-corrected chi connectivity index (χ0v) is 14.9. The number of allylic oxidation sites excluding steroid dienone is 1. The summed E-state index contributed by atoms with van der Waals surface area (Å²) in [5, 5.41) is 4.64. The summed E-state index contributed by atoms with van der Waals surface area (Å²) in [6.45, 7) is 8.19. The molecule has 2 aromatic rings. The van der Waals surface area contributed by atoms with Crippen LogP contribution < -0.4 is 5.32 Å². The quantitative estimate of drug-likeness (QED) is 0.823. The molecule has 0 bridgehead atoms. The molecule has 1 atom stereocenters. The first-order chi connectivity index (χ1) is 10.4. The fourth-order valence-electron chi connectivity index (χ4n) is 3.05. The molecule has 0 unspecified atom stereocenters. The molecule has 5 heteroatoms. The van der Waals surface area contributed by atoms with Crippen LogP contribution in [-0.4, -0.2) is 36.1 Å². The van der Waals surface area contributed by atoms with Crippen LogP contribution in [0.1, 0.15) is 24.6 Å². The topological polar surface area (TPSA) is 28.2 Å². The van der Waals surface area contributed by atoms with Gasteiger partial charge in [0.15, 0.2) is 0 Å². The highest BCUT2D eigenvalue weighted by Gasteiger charge is 2.22. The third-order valence-electron chi connectivity index (χ3n) is 4.20. The predicted octanol–water partition coefficient (Wildman–Crippen LogP) is 3.99. The van der Waals surface area contributed by atoms with E-state index < -0.39 is 0 Å². The van der Waals surface area contributed by atoms with Gasteiger partial charge in [-0.1, -0.05) is 30.3 Å². The fraction of sp³-hybridized carbons (Fsp3) is 0.389. The van der Waals surface area contributed by atoms with E-state index in [1.807, 2.05) is 6.08 Å². The molecule has 23 heavy (non-hydrogen) atoms. The van der Waals surface area contributed by atoms with Gasteiger partial charge < -0.3 is 5.32 Å². The SMILES string of the molecule is C=CCC[C@H](c1ccc2ccccc2n1)N1CCNCC1.Cl.Cl. The first kappa shape index (κ1) is 19.9. The smallest absolute Gasteiger partial charge is 0.0706 e. The third-order valence-corrected chi connectivity index (χ3v) is 4.20. The Labute approximate surface area is 151 Å². The number of hydrogen-bond donors (Lipinski definition) is 1. The lowest BCUT2D eigenvalue weighted by Crippen LogP contribution is -2.45. The van der Waals surface area contributed by atoms with Crippen molar-refractivity contribution in [3.8, 4) is 0 Å². The summed E-state index contributed by atoms with van der Waals surface area (Å²) in [7, 11) is 0. The summed E-state index contributed by atoms with van der Waals surface area (Å²) in [6.07, 6.45) is 4.13. The van der Waals surface area contributed by atoms with Gasteiger partial charge in [0.1, 0.15) is 0 Å². The molecule has 0 amide bonds. The number of piperazine rings is 1. The summed E-state index contributed by atoms with van der Waals surface area (Å²) in [5.74, 6) is 0. The molecule has 0 saturated carbocycles. The predicted molar refractivity (Wildman–Crippen MR) is 103 cm³/mol. The lowest BCUT2D eigenvalue weighted by atomic mass is 10.0.